The third kappa shape index (κ3) is 2.18. The van der Waals surface area contributed by atoms with E-state index in [1.165, 1.54) is 4.90 Å². The van der Waals surface area contributed by atoms with E-state index in [1.807, 2.05) is 0 Å². The summed E-state index contributed by atoms with van der Waals surface area (Å²) in [5.41, 5.74) is 0. The van der Waals surface area contributed by atoms with Gasteiger partial charge in [0.25, 0.3) is 0 Å². The van der Waals surface area contributed by atoms with Gasteiger partial charge in [-0.3, -0.25) is 4.79 Å². The second kappa shape index (κ2) is 3.02. The summed E-state index contributed by atoms with van der Waals surface area (Å²) in [6.07, 6.45) is 0.589. The molecule has 1 amide bonds. The van der Waals surface area contributed by atoms with Gasteiger partial charge in [0.05, 0.1) is 11.7 Å². The number of carbonyl (C=O) groups excluding carboxylic acids is 1. The molecule has 1 saturated heterocycles. The van der Waals surface area contributed by atoms with Gasteiger partial charge in [0, 0.05) is 13.6 Å². The molecule has 0 radical (unpaired) electrons. The highest BCUT2D eigenvalue weighted by Gasteiger charge is 2.31. The quantitative estimate of drug-likeness (QED) is 0.593. The van der Waals surface area contributed by atoms with E-state index in [0.29, 0.717) is 13.0 Å². The van der Waals surface area contributed by atoms with E-state index in [0.717, 1.165) is 0 Å². The van der Waals surface area contributed by atoms with Crippen LogP contribution in [0.25, 0.3) is 0 Å². The smallest absolute Gasteiger partial charge is 0.226 e. The molecule has 1 rings (SSSR count). The third-order valence-electron chi connectivity index (χ3n) is 1.97. The molecule has 1 unspecified atom stereocenters. The van der Waals surface area contributed by atoms with Crippen molar-refractivity contribution in [2.75, 3.05) is 19.3 Å². The Morgan fingerprint density at radius 2 is 2.25 bits per heavy atom. The highest BCUT2D eigenvalue weighted by Crippen LogP contribution is 2.16. The molecule has 5 nitrogen and oxygen atoms in total. The van der Waals surface area contributed by atoms with Gasteiger partial charge in [0.2, 0.25) is 15.9 Å². The molecule has 0 aliphatic carbocycles. The van der Waals surface area contributed by atoms with Gasteiger partial charge in [-0.1, -0.05) is 0 Å². The Balaban J connectivity index is 2.62. The van der Waals surface area contributed by atoms with Crippen LogP contribution in [-0.2, 0) is 14.8 Å². The maximum absolute atomic E-state index is 11.2. The molecule has 70 valence electrons. The predicted molar refractivity (Wildman–Crippen MR) is 43.7 cm³/mol. The van der Waals surface area contributed by atoms with Crippen LogP contribution in [0.15, 0.2) is 0 Å². The lowest BCUT2D eigenvalue weighted by Gasteiger charge is -2.08. The summed E-state index contributed by atoms with van der Waals surface area (Å²) in [7, 11) is -1.85. The largest absolute Gasteiger partial charge is 0.345 e. The molecule has 1 heterocycles. The van der Waals surface area contributed by atoms with Crippen molar-refractivity contribution >= 4 is 15.9 Å². The number of primary sulfonamides is 1. The number of hydrogen-bond donors (Lipinski definition) is 1. The zero-order valence-electron chi connectivity index (χ0n) is 6.86. The van der Waals surface area contributed by atoms with Gasteiger partial charge in [-0.2, -0.15) is 0 Å². The monoisotopic (exact) mass is 192 g/mol. The van der Waals surface area contributed by atoms with Gasteiger partial charge in [-0.05, 0) is 6.42 Å². The van der Waals surface area contributed by atoms with Crippen LogP contribution >= 0.6 is 0 Å². The van der Waals surface area contributed by atoms with Crippen LogP contribution in [-0.4, -0.2) is 38.6 Å². The number of carbonyl (C=O) groups is 1. The fourth-order valence-corrected chi connectivity index (χ4v) is 2.20. The van der Waals surface area contributed by atoms with Crippen LogP contribution in [0.5, 0.6) is 0 Å². The summed E-state index contributed by atoms with van der Waals surface area (Å²) in [5, 5.41) is 4.82. The van der Waals surface area contributed by atoms with Crippen molar-refractivity contribution in [3.8, 4) is 0 Å². The number of hydrogen-bond acceptors (Lipinski definition) is 3. The molecule has 1 aliphatic rings. The minimum Gasteiger partial charge on any atom is -0.345 e. The Kier molecular flexibility index (Phi) is 2.39. The molecule has 6 heteroatoms. The number of nitrogens with two attached hydrogens (primary N) is 1. The first kappa shape index (κ1) is 9.47. The molecule has 1 atom stereocenters. The fourth-order valence-electron chi connectivity index (χ4n) is 1.33. The summed E-state index contributed by atoms with van der Waals surface area (Å²) in [4.78, 5) is 12.7. The van der Waals surface area contributed by atoms with Crippen molar-refractivity contribution in [1.82, 2.24) is 4.90 Å². The summed E-state index contributed by atoms with van der Waals surface area (Å²) < 4.78 is 21.3. The maximum atomic E-state index is 11.2. The lowest BCUT2D eigenvalue weighted by Crippen LogP contribution is -2.29. The summed E-state index contributed by atoms with van der Waals surface area (Å²) >= 11 is 0. The van der Waals surface area contributed by atoms with Crippen molar-refractivity contribution in [3.63, 3.8) is 0 Å². The van der Waals surface area contributed by atoms with Gasteiger partial charge in [0.1, 0.15) is 0 Å². The molecule has 1 fully saturated rings. The lowest BCUT2D eigenvalue weighted by atomic mass is 10.1. The van der Waals surface area contributed by atoms with E-state index < -0.39 is 15.9 Å². The highest BCUT2D eigenvalue weighted by molar-refractivity contribution is 7.89. The van der Waals surface area contributed by atoms with Crippen LogP contribution in [0.4, 0.5) is 0 Å². The Morgan fingerprint density at radius 1 is 1.67 bits per heavy atom. The second-order valence-electron chi connectivity index (χ2n) is 3.07. The Hall–Kier alpha value is -0.620. The number of sulfonamides is 1. The number of rotatable bonds is 2. The van der Waals surface area contributed by atoms with E-state index in [2.05, 4.69) is 0 Å². The van der Waals surface area contributed by atoms with E-state index >= 15 is 0 Å². The lowest BCUT2D eigenvalue weighted by molar-refractivity contribution is -0.129. The van der Waals surface area contributed by atoms with E-state index in [4.69, 9.17) is 5.14 Å². The van der Waals surface area contributed by atoms with Crippen molar-refractivity contribution < 1.29 is 13.2 Å². The van der Waals surface area contributed by atoms with Gasteiger partial charge >= 0.3 is 0 Å². The van der Waals surface area contributed by atoms with Gasteiger partial charge in [-0.25, -0.2) is 13.6 Å². The van der Waals surface area contributed by atoms with E-state index in [1.54, 1.807) is 7.05 Å². The maximum Gasteiger partial charge on any atom is 0.226 e. The normalized spacial score (nSPS) is 25.0. The first-order chi connectivity index (χ1) is 5.40. The molecule has 0 spiro atoms. The van der Waals surface area contributed by atoms with Crippen molar-refractivity contribution in [3.05, 3.63) is 0 Å². The molecule has 0 bridgehead atoms. The molecule has 2 N–H and O–H groups in total. The number of likely N-dealkylation sites (tertiary alicyclic amines) is 1. The molecule has 0 aromatic rings. The molecule has 0 aromatic heterocycles. The van der Waals surface area contributed by atoms with Crippen molar-refractivity contribution in [2.24, 2.45) is 11.1 Å². The summed E-state index contributed by atoms with van der Waals surface area (Å²) in [5.74, 6) is -0.773. The summed E-state index contributed by atoms with van der Waals surface area (Å²) in [6, 6.07) is 0. The van der Waals surface area contributed by atoms with Crippen LogP contribution in [0.3, 0.4) is 0 Å². The SMILES string of the molecule is CN1CCC(CS(N)(=O)=O)C1=O. The van der Waals surface area contributed by atoms with Crippen molar-refractivity contribution in [1.29, 1.82) is 0 Å². The standard InChI is InChI=1S/C6H12N2O3S/c1-8-3-2-5(6(8)9)4-12(7,10)11/h5H,2-4H2,1H3,(H2,7,10,11). The molecule has 1 aliphatic heterocycles. The predicted octanol–water partition coefficient (Wildman–Crippen LogP) is -1.25. The summed E-state index contributed by atoms with van der Waals surface area (Å²) in [6.45, 7) is 0.624. The van der Waals surface area contributed by atoms with Gasteiger partial charge in [0.15, 0.2) is 0 Å². The minimum atomic E-state index is -3.51. The van der Waals surface area contributed by atoms with E-state index in [9.17, 15) is 13.2 Å². The van der Waals surface area contributed by atoms with Crippen LogP contribution in [0.2, 0.25) is 0 Å². The second-order valence-corrected chi connectivity index (χ2v) is 4.73. The molecular weight excluding hydrogens is 180 g/mol. The molecule has 0 aromatic carbocycles. The number of nitrogens with zero attached hydrogens (tertiary/aromatic N) is 1. The molecular formula is C6H12N2O3S. The Bertz CT molecular complexity index is 285. The van der Waals surface area contributed by atoms with Crippen LogP contribution in [0.1, 0.15) is 6.42 Å². The van der Waals surface area contributed by atoms with Gasteiger partial charge < -0.3 is 4.90 Å². The first-order valence-corrected chi connectivity index (χ1v) is 5.37. The Morgan fingerprint density at radius 3 is 2.58 bits per heavy atom. The first-order valence-electron chi connectivity index (χ1n) is 3.65. The topological polar surface area (TPSA) is 80.5 Å². The zero-order chi connectivity index (χ0) is 9.35. The van der Waals surface area contributed by atoms with Crippen LogP contribution < -0.4 is 5.14 Å². The third-order valence-corrected chi connectivity index (χ3v) is 2.84. The minimum absolute atomic E-state index is 0.121. The fraction of sp³-hybridized carbons (Fsp3) is 0.833. The molecule has 0 saturated carbocycles. The van der Waals surface area contributed by atoms with Gasteiger partial charge in [-0.15, -0.1) is 0 Å². The van der Waals surface area contributed by atoms with Crippen LogP contribution in [0, 0.1) is 5.92 Å². The molecule has 12 heavy (non-hydrogen) atoms. The van der Waals surface area contributed by atoms with E-state index in [-0.39, 0.29) is 11.7 Å². The zero-order valence-corrected chi connectivity index (χ0v) is 7.67. The Labute approximate surface area is 71.6 Å². The van der Waals surface area contributed by atoms with Crippen molar-refractivity contribution in [2.45, 2.75) is 6.42 Å². The number of amides is 1. The highest BCUT2D eigenvalue weighted by atomic mass is 32.2. The average molecular weight is 192 g/mol. The average Bonchev–Trinajstić information content (AvgIpc) is 2.16.